The second-order valence-corrected chi connectivity index (χ2v) is 14.0. The molecular formula is C37H48O4S. The molecule has 0 saturated heterocycles. The Morgan fingerprint density at radius 2 is 1.57 bits per heavy atom. The quantitative estimate of drug-likeness (QED) is 0.234. The van der Waals surface area contributed by atoms with Gasteiger partial charge in [0.25, 0.3) is 0 Å². The van der Waals surface area contributed by atoms with E-state index in [-0.39, 0.29) is 0 Å². The zero-order chi connectivity index (χ0) is 30.9. The summed E-state index contributed by atoms with van der Waals surface area (Å²) < 4.78 is 37.0. The number of sulfone groups is 1. The Balaban J connectivity index is 0.000000232. The predicted molar refractivity (Wildman–Crippen MR) is 175 cm³/mol. The molecular weight excluding hydrogens is 540 g/mol. The first kappa shape index (κ1) is 33.2. The van der Waals surface area contributed by atoms with Crippen molar-refractivity contribution in [3.05, 3.63) is 112 Å². The van der Waals surface area contributed by atoms with Gasteiger partial charge in [-0.3, -0.25) is 0 Å². The Morgan fingerprint density at radius 3 is 2.19 bits per heavy atom. The highest BCUT2D eigenvalue weighted by Crippen LogP contribution is 2.41. The van der Waals surface area contributed by atoms with E-state index in [2.05, 4.69) is 59.8 Å². The number of benzene rings is 3. The molecule has 0 N–H and O–H groups in total. The first-order chi connectivity index (χ1) is 19.9. The fraction of sp³-hybridized carbons (Fsp3) is 0.405. The molecule has 2 unspecified atom stereocenters. The molecule has 0 radical (unpaired) electrons. The van der Waals surface area contributed by atoms with Crippen molar-refractivity contribution in [2.24, 2.45) is 0 Å². The summed E-state index contributed by atoms with van der Waals surface area (Å²) in [6.07, 6.45) is 8.36. The number of allylic oxidation sites excluding steroid dienone is 3. The van der Waals surface area contributed by atoms with Crippen molar-refractivity contribution >= 4 is 9.84 Å². The summed E-state index contributed by atoms with van der Waals surface area (Å²) in [5.41, 5.74) is 8.58. The smallest absolute Gasteiger partial charge is 0.184 e. The van der Waals surface area contributed by atoms with Gasteiger partial charge in [-0.2, -0.15) is 0 Å². The van der Waals surface area contributed by atoms with Crippen LogP contribution in [0.4, 0.5) is 0 Å². The lowest BCUT2D eigenvalue weighted by Crippen LogP contribution is -2.21. The first-order valence-corrected chi connectivity index (χ1v) is 16.5. The van der Waals surface area contributed by atoms with E-state index in [0.29, 0.717) is 17.6 Å². The summed E-state index contributed by atoms with van der Waals surface area (Å²) in [6, 6.07) is 19.0. The highest BCUT2D eigenvalue weighted by molar-refractivity contribution is 7.92. The molecule has 4 nitrogen and oxygen atoms in total. The third kappa shape index (κ3) is 8.84. The maximum absolute atomic E-state index is 12.4. The third-order valence-electron chi connectivity index (χ3n) is 7.83. The van der Waals surface area contributed by atoms with Gasteiger partial charge in [-0.25, -0.2) is 8.42 Å². The fourth-order valence-electron chi connectivity index (χ4n) is 5.16. The average molecular weight is 589 g/mol. The molecule has 1 aliphatic heterocycles. The van der Waals surface area contributed by atoms with Gasteiger partial charge in [0, 0.05) is 5.56 Å². The number of ether oxygens (including phenoxy) is 2. The molecule has 0 aliphatic carbocycles. The van der Waals surface area contributed by atoms with Crippen LogP contribution in [-0.4, -0.2) is 19.8 Å². The van der Waals surface area contributed by atoms with Gasteiger partial charge in [0.1, 0.15) is 18.1 Å². The summed E-state index contributed by atoms with van der Waals surface area (Å²) in [5, 5.41) is -0.489. The first-order valence-electron chi connectivity index (χ1n) is 15.0. The Labute approximate surface area is 254 Å². The van der Waals surface area contributed by atoms with E-state index in [1.54, 1.807) is 31.2 Å². The normalized spacial score (nSPS) is 15.4. The van der Waals surface area contributed by atoms with Crippen molar-refractivity contribution in [3.8, 4) is 11.5 Å². The van der Waals surface area contributed by atoms with Crippen LogP contribution in [0.15, 0.2) is 88.9 Å². The van der Waals surface area contributed by atoms with E-state index in [1.807, 2.05) is 37.3 Å². The molecule has 0 spiro atoms. The van der Waals surface area contributed by atoms with E-state index < -0.39 is 15.1 Å². The molecule has 0 saturated carbocycles. The van der Waals surface area contributed by atoms with Crippen molar-refractivity contribution in [2.45, 2.75) is 104 Å². The Kier molecular flexibility index (Phi) is 12.0. The zero-order valence-electron chi connectivity index (χ0n) is 26.7. The lowest BCUT2D eigenvalue weighted by atomic mass is 9.92. The van der Waals surface area contributed by atoms with E-state index in [9.17, 15) is 8.42 Å². The molecule has 0 bridgehead atoms. The summed E-state index contributed by atoms with van der Waals surface area (Å²) in [7, 11) is -3.27. The summed E-state index contributed by atoms with van der Waals surface area (Å²) >= 11 is 0. The molecule has 5 heteroatoms. The molecule has 3 aromatic rings. The van der Waals surface area contributed by atoms with E-state index >= 15 is 0 Å². The van der Waals surface area contributed by atoms with Crippen LogP contribution in [0.2, 0.25) is 0 Å². The van der Waals surface area contributed by atoms with Crippen LogP contribution in [0, 0.1) is 20.8 Å². The van der Waals surface area contributed by atoms with Crippen molar-refractivity contribution in [3.63, 3.8) is 0 Å². The predicted octanol–water partition coefficient (Wildman–Crippen LogP) is 9.45. The van der Waals surface area contributed by atoms with Gasteiger partial charge in [0.15, 0.2) is 9.84 Å². The molecule has 2 atom stereocenters. The molecule has 1 heterocycles. The van der Waals surface area contributed by atoms with Crippen molar-refractivity contribution in [2.75, 3.05) is 0 Å². The topological polar surface area (TPSA) is 52.6 Å². The van der Waals surface area contributed by atoms with Crippen molar-refractivity contribution in [1.29, 1.82) is 0 Å². The van der Waals surface area contributed by atoms with Gasteiger partial charge in [0.05, 0.1) is 16.2 Å². The number of hydrogen-bond acceptors (Lipinski definition) is 4. The minimum Gasteiger partial charge on any atom is -0.490 e. The van der Waals surface area contributed by atoms with Gasteiger partial charge in [-0.15, -0.1) is 0 Å². The van der Waals surface area contributed by atoms with Crippen LogP contribution in [-0.2, 0) is 22.9 Å². The van der Waals surface area contributed by atoms with E-state index in [1.165, 1.54) is 33.4 Å². The van der Waals surface area contributed by atoms with Gasteiger partial charge in [-0.05, 0) is 115 Å². The van der Waals surface area contributed by atoms with Crippen LogP contribution in [0.25, 0.3) is 0 Å². The number of fused-ring (bicyclic) bond motifs is 1. The largest absolute Gasteiger partial charge is 0.490 e. The fourth-order valence-corrected chi connectivity index (χ4v) is 6.53. The van der Waals surface area contributed by atoms with Gasteiger partial charge >= 0.3 is 0 Å². The highest BCUT2D eigenvalue weighted by Gasteiger charge is 2.25. The summed E-state index contributed by atoms with van der Waals surface area (Å²) in [6.45, 7) is 17.1. The van der Waals surface area contributed by atoms with E-state index in [0.717, 1.165) is 42.8 Å². The number of rotatable bonds is 9. The average Bonchev–Trinajstić information content (AvgIpc) is 2.97. The number of hydrogen-bond donors (Lipinski definition) is 0. The van der Waals surface area contributed by atoms with E-state index in [4.69, 9.17) is 9.47 Å². The standard InChI is InChI=1S/C20H24O2.C17H24O2S/c1-13-10-11-18-16(4)19(14(2)15(3)20(18)22-13)21-12-17-8-6-5-7-9-17;1-14(2)9-8-10-15(3)13-16(4)20(18,19)17-11-6-5-7-12-17/h5-9,13H,10-12H2,1-4H3;5-7,9,11-13,16H,8,10H2,1-4H3/b;15-13+. The third-order valence-corrected chi connectivity index (χ3v) is 9.87. The van der Waals surface area contributed by atoms with Crippen LogP contribution in [0.5, 0.6) is 11.5 Å². The minimum atomic E-state index is -3.27. The molecule has 1 aliphatic rings. The zero-order valence-corrected chi connectivity index (χ0v) is 27.5. The second-order valence-electron chi connectivity index (χ2n) is 11.6. The van der Waals surface area contributed by atoms with Crippen LogP contribution in [0.3, 0.4) is 0 Å². The molecule has 4 rings (SSSR count). The van der Waals surface area contributed by atoms with Gasteiger partial charge in [-0.1, -0.05) is 71.8 Å². The molecule has 3 aromatic carbocycles. The highest BCUT2D eigenvalue weighted by atomic mass is 32.2. The molecule has 226 valence electrons. The van der Waals surface area contributed by atoms with Gasteiger partial charge < -0.3 is 9.47 Å². The Bertz CT molecular complexity index is 1480. The van der Waals surface area contributed by atoms with Crippen molar-refractivity contribution < 1.29 is 17.9 Å². The van der Waals surface area contributed by atoms with Crippen LogP contribution < -0.4 is 9.47 Å². The summed E-state index contributed by atoms with van der Waals surface area (Å²) in [5.74, 6) is 2.11. The molecule has 42 heavy (non-hydrogen) atoms. The maximum Gasteiger partial charge on any atom is 0.184 e. The molecule has 0 fully saturated rings. The molecule has 0 amide bonds. The van der Waals surface area contributed by atoms with Crippen LogP contribution in [0.1, 0.15) is 81.7 Å². The second kappa shape index (κ2) is 15.2. The SMILES string of the molecule is CC(C)=CCC/C(C)=C/C(C)S(=O)(=O)c1ccccc1.Cc1c(C)c2c(c(C)c1OCc1ccccc1)CCC(C)O2. The Morgan fingerprint density at radius 1 is 0.952 bits per heavy atom. The monoisotopic (exact) mass is 588 g/mol. The van der Waals surface area contributed by atoms with Crippen molar-refractivity contribution in [1.82, 2.24) is 0 Å². The lowest BCUT2D eigenvalue weighted by Gasteiger charge is -2.29. The molecule has 0 aromatic heterocycles. The minimum absolute atomic E-state index is 0.307. The lowest BCUT2D eigenvalue weighted by molar-refractivity contribution is 0.189. The summed E-state index contributed by atoms with van der Waals surface area (Å²) in [4.78, 5) is 0.390. The van der Waals surface area contributed by atoms with Crippen LogP contribution >= 0.6 is 0 Å². The Hall–Kier alpha value is -3.31. The maximum atomic E-state index is 12.4. The van der Waals surface area contributed by atoms with Gasteiger partial charge in [0.2, 0.25) is 0 Å².